The van der Waals surface area contributed by atoms with Crippen molar-refractivity contribution in [3.05, 3.63) is 136 Å². The summed E-state index contributed by atoms with van der Waals surface area (Å²) in [7, 11) is 0. The zero-order chi connectivity index (χ0) is 54.3. The number of nitrogens with two attached hydrogens (primary N) is 9. The number of piperidine rings is 1. The Hall–Kier alpha value is -3.61. The SMILES string of the molecule is NCC(F)c1ccccc1.NCCC1CCCC1.NCCC1CCCCC1.NCCN1CCCCC1.NCCN1CCOCC1.NCCc1ccc(Cl)cc1.NCCc1ccc(N)cc1.NCc1ccc(F)cc1. The minimum absolute atomic E-state index is 0.0595. The number of hydrogen-bond donors (Lipinski definition) is 9. The van der Waals surface area contributed by atoms with Crippen LogP contribution in [0.5, 0.6) is 0 Å². The maximum absolute atomic E-state index is 12.7. The first-order valence-corrected chi connectivity index (χ1v) is 28.1. The van der Waals surface area contributed by atoms with E-state index in [1.54, 1.807) is 36.4 Å². The molecule has 0 aromatic heterocycles. The molecule has 2 aliphatic heterocycles. The molecule has 4 fully saturated rings. The minimum atomic E-state index is -1.01. The molecule has 74 heavy (non-hydrogen) atoms. The largest absolute Gasteiger partial charge is 0.399 e. The highest BCUT2D eigenvalue weighted by atomic mass is 35.5. The Morgan fingerprint density at radius 3 is 1.36 bits per heavy atom. The third kappa shape index (κ3) is 37.2. The number of ether oxygens (including phenoxy) is 1. The fraction of sp³-hybridized carbons (Fsp3) is 0.593. The summed E-state index contributed by atoms with van der Waals surface area (Å²) in [6.45, 7) is 13.8. The molecule has 8 rings (SSSR count). The zero-order valence-electron chi connectivity index (χ0n) is 45.3. The van der Waals surface area contributed by atoms with Crippen LogP contribution in [0.3, 0.4) is 0 Å². The molecule has 18 N–H and O–H groups in total. The molecule has 420 valence electrons. The lowest BCUT2D eigenvalue weighted by Crippen LogP contribution is -2.39. The average molecular weight is 1050 g/mol. The van der Waals surface area contributed by atoms with Gasteiger partial charge in [-0.15, -0.1) is 0 Å². The summed E-state index contributed by atoms with van der Waals surface area (Å²) in [5.41, 5.74) is 53.2. The fourth-order valence-corrected chi connectivity index (χ4v) is 8.83. The lowest BCUT2D eigenvalue weighted by molar-refractivity contribution is 0.0394. The van der Waals surface area contributed by atoms with Gasteiger partial charge in [-0.1, -0.05) is 143 Å². The summed E-state index contributed by atoms with van der Waals surface area (Å²) in [6, 6.07) is 30.6. The topological polar surface area (TPSA) is 250 Å². The first-order chi connectivity index (χ1) is 36.0. The molecule has 1 unspecified atom stereocenters. The van der Waals surface area contributed by atoms with Crippen LogP contribution >= 0.6 is 11.6 Å². The normalized spacial score (nSPS) is 16.1. The van der Waals surface area contributed by atoms with E-state index in [9.17, 15) is 8.78 Å². The first-order valence-electron chi connectivity index (χ1n) is 27.7. The Morgan fingerprint density at radius 2 is 0.932 bits per heavy atom. The van der Waals surface area contributed by atoms with Gasteiger partial charge >= 0.3 is 0 Å². The van der Waals surface area contributed by atoms with Crippen LogP contribution in [-0.4, -0.2) is 108 Å². The second kappa shape index (κ2) is 47.8. The molecule has 2 aliphatic carbocycles. The number of morpholine rings is 1. The fourth-order valence-electron chi connectivity index (χ4n) is 8.71. The number of nitrogen functional groups attached to an aromatic ring is 1. The third-order valence-electron chi connectivity index (χ3n) is 13.1. The van der Waals surface area contributed by atoms with Crippen LogP contribution in [-0.2, 0) is 24.1 Å². The Morgan fingerprint density at radius 1 is 0.500 bits per heavy atom. The molecule has 4 aromatic rings. The number of alkyl halides is 1. The van der Waals surface area contributed by atoms with E-state index in [2.05, 4.69) is 9.80 Å². The highest BCUT2D eigenvalue weighted by Crippen LogP contribution is 2.27. The third-order valence-corrected chi connectivity index (χ3v) is 13.3. The predicted octanol–water partition coefficient (Wildman–Crippen LogP) is 8.70. The van der Waals surface area contributed by atoms with Crippen LogP contribution in [0.1, 0.15) is 118 Å². The molecule has 2 heterocycles. The van der Waals surface area contributed by atoms with Gasteiger partial charge in [0, 0.05) is 63.1 Å². The lowest BCUT2D eigenvalue weighted by Gasteiger charge is -2.25. The number of hydrogen-bond acceptors (Lipinski definition) is 12. The summed E-state index contributed by atoms with van der Waals surface area (Å²) in [4.78, 5) is 4.77. The van der Waals surface area contributed by atoms with Crippen LogP contribution in [0.15, 0.2) is 103 Å². The molecule has 12 nitrogen and oxygen atoms in total. The zero-order valence-corrected chi connectivity index (χ0v) is 46.1. The van der Waals surface area contributed by atoms with Crippen molar-refractivity contribution >= 4 is 17.3 Å². The minimum Gasteiger partial charge on any atom is -0.399 e. The van der Waals surface area contributed by atoms with Gasteiger partial charge in [-0.3, -0.25) is 4.90 Å². The van der Waals surface area contributed by atoms with Crippen molar-refractivity contribution in [3.63, 3.8) is 0 Å². The van der Waals surface area contributed by atoms with Crippen LogP contribution < -0.4 is 51.6 Å². The van der Waals surface area contributed by atoms with Crippen molar-refractivity contribution < 1.29 is 13.5 Å². The van der Waals surface area contributed by atoms with E-state index in [1.165, 1.54) is 126 Å². The maximum atomic E-state index is 12.7. The molecule has 0 radical (unpaired) electrons. The van der Waals surface area contributed by atoms with E-state index < -0.39 is 6.17 Å². The molecule has 4 aromatic carbocycles. The summed E-state index contributed by atoms with van der Waals surface area (Å²) < 4.78 is 30.1. The summed E-state index contributed by atoms with van der Waals surface area (Å²) in [6.07, 6.45) is 20.6. The van der Waals surface area contributed by atoms with Crippen molar-refractivity contribution in [2.24, 2.45) is 57.7 Å². The van der Waals surface area contributed by atoms with Crippen molar-refractivity contribution in [2.75, 3.05) is 104 Å². The summed E-state index contributed by atoms with van der Waals surface area (Å²) in [5.74, 6) is 1.75. The van der Waals surface area contributed by atoms with Gasteiger partial charge < -0.3 is 61.2 Å². The quantitative estimate of drug-likeness (QED) is 0.0508. The predicted molar refractivity (Wildman–Crippen MR) is 313 cm³/mol. The van der Waals surface area contributed by atoms with Gasteiger partial charge in [0.05, 0.1) is 13.2 Å². The van der Waals surface area contributed by atoms with Crippen LogP contribution in [0.2, 0.25) is 5.02 Å². The number of halogens is 3. The van der Waals surface area contributed by atoms with Gasteiger partial charge in [0.1, 0.15) is 12.0 Å². The molecule has 15 heteroatoms. The molecule has 4 aliphatic rings. The van der Waals surface area contributed by atoms with Gasteiger partial charge in [-0.2, -0.15) is 0 Å². The summed E-state index contributed by atoms with van der Waals surface area (Å²) >= 11 is 5.68. The maximum Gasteiger partial charge on any atom is 0.137 e. The van der Waals surface area contributed by atoms with Gasteiger partial charge in [0.15, 0.2) is 0 Å². The van der Waals surface area contributed by atoms with Crippen molar-refractivity contribution in [1.29, 1.82) is 0 Å². The van der Waals surface area contributed by atoms with Crippen LogP contribution in [0, 0.1) is 17.7 Å². The second-order valence-corrected chi connectivity index (χ2v) is 19.6. The van der Waals surface area contributed by atoms with E-state index >= 15 is 0 Å². The van der Waals surface area contributed by atoms with E-state index in [0.29, 0.717) is 25.2 Å². The van der Waals surface area contributed by atoms with Crippen LogP contribution in [0.25, 0.3) is 0 Å². The average Bonchev–Trinajstić information content (AvgIpc) is 3.96. The second-order valence-electron chi connectivity index (χ2n) is 19.1. The molecular weight excluding hydrogens is 952 g/mol. The Kier molecular flexibility index (Phi) is 44.2. The van der Waals surface area contributed by atoms with Crippen molar-refractivity contribution in [3.8, 4) is 0 Å². The number of rotatable bonds is 15. The standard InChI is InChI=1S/C8H10ClN.C8H10FN.C8H12N2.C8H17N.C7H8FN.C7H16N2.C7H15N.C6H14N2O/c9-8-3-1-7(2-4-8)5-6-10;9-8(6-10)7-4-2-1-3-5-7;9-6-5-7-1-3-8(10)4-2-7;9-7-6-8-4-2-1-3-5-8;8-7-3-1-6(5-9)2-4-7;8-4-7-9-5-2-1-3-6-9;8-6-5-7-3-1-2-4-7;7-1-2-8-3-5-9-6-4-8/h1-4H,5-6,10H2;1-5,8H,6,10H2;1-4H,5-6,9-10H2;8H,1-7,9H2;1-4H,5,9H2;1-8H2;7H,1-6,8H2;1-7H2. The molecule has 2 saturated heterocycles. The molecule has 2 saturated carbocycles. The molecule has 0 amide bonds. The van der Waals surface area contributed by atoms with Gasteiger partial charge in [-0.05, 0) is 148 Å². The molecule has 1 atom stereocenters. The van der Waals surface area contributed by atoms with Gasteiger partial charge in [0.25, 0.3) is 0 Å². The van der Waals surface area contributed by atoms with E-state index in [1.807, 2.05) is 54.6 Å². The highest BCUT2D eigenvalue weighted by Gasteiger charge is 2.13. The molecule has 0 spiro atoms. The van der Waals surface area contributed by atoms with Gasteiger partial charge in [-0.25, -0.2) is 8.78 Å². The smallest absolute Gasteiger partial charge is 0.137 e. The number of likely N-dealkylation sites (tertiary alicyclic amines) is 1. The van der Waals surface area contributed by atoms with Crippen LogP contribution in [0.4, 0.5) is 14.5 Å². The highest BCUT2D eigenvalue weighted by molar-refractivity contribution is 6.30. The number of anilines is 1. The van der Waals surface area contributed by atoms with E-state index in [-0.39, 0.29) is 12.4 Å². The monoisotopic (exact) mass is 1050 g/mol. The Balaban J connectivity index is 0.000000423. The molecule has 0 bridgehead atoms. The van der Waals surface area contributed by atoms with Crippen molar-refractivity contribution in [2.45, 2.75) is 115 Å². The lowest BCUT2D eigenvalue weighted by atomic mass is 9.87. The van der Waals surface area contributed by atoms with E-state index in [4.69, 9.17) is 67.9 Å². The van der Waals surface area contributed by atoms with Crippen molar-refractivity contribution in [1.82, 2.24) is 9.80 Å². The Bertz CT molecular complexity index is 1680. The molecular formula is C59H102ClF2N11O. The van der Waals surface area contributed by atoms with E-state index in [0.717, 1.165) is 107 Å². The van der Waals surface area contributed by atoms with Gasteiger partial charge in [0.2, 0.25) is 0 Å². The number of nitrogens with zero attached hydrogens (tertiary/aromatic N) is 2. The number of benzene rings is 4. The Labute approximate surface area is 452 Å². The first kappa shape index (κ1) is 68.4. The summed E-state index contributed by atoms with van der Waals surface area (Å²) in [5, 5.41) is 0.778.